The van der Waals surface area contributed by atoms with Gasteiger partial charge >= 0.3 is 5.97 Å². The smallest absolute Gasteiger partial charge is 0.331 e. The molecule has 0 aromatic heterocycles. The number of hydrogen-bond donors (Lipinski definition) is 0. The Hall–Kier alpha value is -1.38. The zero-order chi connectivity index (χ0) is 12.2. The minimum absolute atomic E-state index is 0.156. The van der Waals surface area contributed by atoms with Crippen LogP contribution in [0.2, 0.25) is 0 Å². The number of hydrogen-bond acceptors (Lipinski definition) is 5. The predicted octanol–water partition coefficient (Wildman–Crippen LogP) is 1.05. The Balaban J connectivity index is 3.50. The molecular weight excluding hydrogens is 210 g/mol. The van der Waals surface area contributed by atoms with E-state index < -0.39 is 5.97 Å². The van der Waals surface area contributed by atoms with E-state index in [0.29, 0.717) is 13.2 Å². The van der Waals surface area contributed by atoms with Gasteiger partial charge in [0.2, 0.25) is 0 Å². The summed E-state index contributed by atoms with van der Waals surface area (Å²) in [5, 5.41) is 8.18. The summed E-state index contributed by atoms with van der Waals surface area (Å²) in [5.41, 5.74) is 0. The molecule has 0 saturated heterocycles. The molecule has 0 aliphatic carbocycles. The number of carbonyl (C=O) groups excluding carboxylic acids is 1. The molecule has 0 amide bonds. The molecule has 5 heteroatoms. The Labute approximate surface area is 95.6 Å². The minimum Gasteiger partial charge on any atom is -0.460 e. The first-order chi connectivity index (χ1) is 7.70. The summed E-state index contributed by atoms with van der Waals surface area (Å²) in [7, 11) is 1.63. The van der Waals surface area contributed by atoms with Gasteiger partial charge in [0.05, 0.1) is 12.2 Å². The average molecular weight is 227 g/mol. The molecular formula is C11H17NO4. The van der Waals surface area contributed by atoms with Crippen LogP contribution in [0.1, 0.15) is 13.3 Å². The molecule has 0 heterocycles. The number of ether oxygens (including phenoxy) is 3. The van der Waals surface area contributed by atoms with Gasteiger partial charge in [0.15, 0.2) is 0 Å². The van der Waals surface area contributed by atoms with E-state index in [2.05, 4.69) is 0 Å². The largest absolute Gasteiger partial charge is 0.460 e. The van der Waals surface area contributed by atoms with Gasteiger partial charge in [-0.3, -0.25) is 0 Å². The third-order valence-electron chi connectivity index (χ3n) is 1.65. The van der Waals surface area contributed by atoms with Crippen molar-refractivity contribution in [3.05, 3.63) is 12.2 Å². The van der Waals surface area contributed by atoms with Gasteiger partial charge in [0.25, 0.3) is 0 Å². The molecule has 1 unspecified atom stereocenters. The van der Waals surface area contributed by atoms with E-state index in [0.717, 1.165) is 18.6 Å². The van der Waals surface area contributed by atoms with E-state index in [4.69, 9.17) is 19.5 Å². The molecule has 0 N–H and O–H groups in total. The van der Waals surface area contributed by atoms with Crippen LogP contribution in [0.15, 0.2) is 12.2 Å². The summed E-state index contributed by atoms with van der Waals surface area (Å²) in [6.45, 7) is 3.22. The van der Waals surface area contributed by atoms with Crippen LogP contribution in [0.4, 0.5) is 0 Å². The fourth-order valence-electron chi connectivity index (χ4n) is 0.889. The second-order valence-electron chi connectivity index (χ2n) is 3.12. The highest BCUT2D eigenvalue weighted by atomic mass is 16.6. The van der Waals surface area contributed by atoms with Crippen molar-refractivity contribution >= 4 is 5.97 Å². The van der Waals surface area contributed by atoms with Crippen LogP contribution in [0.3, 0.4) is 0 Å². The zero-order valence-corrected chi connectivity index (χ0v) is 9.64. The third kappa shape index (κ3) is 9.19. The summed E-state index contributed by atoms with van der Waals surface area (Å²) >= 11 is 0. The third-order valence-corrected chi connectivity index (χ3v) is 1.65. The van der Waals surface area contributed by atoms with Crippen LogP contribution in [-0.4, -0.2) is 39.0 Å². The van der Waals surface area contributed by atoms with Crippen molar-refractivity contribution in [2.24, 2.45) is 0 Å². The van der Waals surface area contributed by atoms with Gasteiger partial charge in [-0.25, -0.2) is 4.79 Å². The highest BCUT2D eigenvalue weighted by Gasteiger charge is 2.04. The lowest BCUT2D eigenvalue weighted by molar-refractivity contribution is -0.141. The van der Waals surface area contributed by atoms with Crippen LogP contribution >= 0.6 is 0 Å². The minimum atomic E-state index is -0.533. The molecule has 0 bridgehead atoms. The van der Waals surface area contributed by atoms with Crippen molar-refractivity contribution in [2.75, 3.05) is 26.9 Å². The standard InChI is InChI=1S/C11H17NO4/c1-10(15-8-4-7-14-2)9-16-11(13)5-3-6-12/h3,5,10H,4,7-9H2,1-2H3. The monoisotopic (exact) mass is 227 g/mol. The number of rotatable bonds is 8. The maximum Gasteiger partial charge on any atom is 0.331 e. The quantitative estimate of drug-likeness (QED) is 0.268. The van der Waals surface area contributed by atoms with Crippen molar-refractivity contribution < 1.29 is 19.0 Å². The molecule has 0 aliphatic heterocycles. The van der Waals surface area contributed by atoms with E-state index in [1.807, 2.05) is 6.92 Å². The van der Waals surface area contributed by atoms with Gasteiger partial charge in [-0.15, -0.1) is 0 Å². The highest BCUT2D eigenvalue weighted by Crippen LogP contribution is 1.95. The lowest BCUT2D eigenvalue weighted by Crippen LogP contribution is -2.19. The molecule has 0 radical (unpaired) electrons. The van der Waals surface area contributed by atoms with Gasteiger partial charge in [-0.2, -0.15) is 5.26 Å². The van der Waals surface area contributed by atoms with Crippen LogP contribution < -0.4 is 0 Å². The van der Waals surface area contributed by atoms with E-state index >= 15 is 0 Å². The SMILES string of the molecule is COCCCOC(C)COC(=O)C=CC#N. The Morgan fingerprint density at radius 2 is 2.25 bits per heavy atom. The topological polar surface area (TPSA) is 68.6 Å². The number of methoxy groups -OCH3 is 1. The zero-order valence-electron chi connectivity index (χ0n) is 9.64. The Bertz CT molecular complexity index is 257. The molecule has 5 nitrogen and oxygen atoms in total. The van der Waals surface area contributed by atoms with Crippen molar-refractivity contribution in [3.63, 3.8) is 0 Å². The van der Waals surface area contributed by atoms with Crippen LogP contribution in [0, 0.1) is 11.3 Å². The van der Waals surface area contributed by atoms with E-state index in [1.165, 1.54) is 0 Å². The maximum atomic E-state index is 10.9. The molecule has 0 saturated carbocycles. The first kappa shape index (κ1) is 14.6. The first-order valence-electron chi connectivity index (χ1n) is 5.04. The van der Waals surface area contributed by atoms with Crippen LogP contribution in [0.25, 0.3) is 0 Å². The number of carbonyl (C=O) groups is 1. The lowest BCUT2D eigenvalue weighted by atomic mass is 10.4. The Kier molecular flexibility index (Phi) is 9.27. The fraction of sp³-hybridized carbons (Fsp3) is 0.636. The molecule has 0 fully saturated rings. The van der Waals surface area contributed by atoms with Gasteiger partial charge in [-0.05, 0) is 13.3 Å². The summed E-state index contributed by atoms with van der Waals surface area (Å²) in [6.07, 6.45) is 2.81. The molecule has 16 heavy (non-hydrogen) atoms. The van der Waals surface area contributed by atoms with Crippen molar-refractivity contribution in [1.29, 1.82) is 5.26 Å². The van der Waals surface area contributed by atoms with Crippen LogP contribution in [0.5, 0.6) is 0 Å². The van der Waals surface area contributed by atoms with E-state index in [-0.39, 0.29) is 12.7 Å². The molecule has 0 aromatic carbocycles. The molecule has 0 rings (SSSR count). The van der Waals surface area contributed by atoms with Crippen molar-refractivity contribution in [3.8, 4) is 6.07 Å². The van der Waals surface area contributed by atoms with Gasteiger partial charge < -0.3 is 14.2 Å². The summed E-state index contributed by atoms with van der Waals surface area (Å²) in [6, 6.07) is 1.71. The predicted molar refractivity (Wildman–Crippen MR) is 57.6 cm³/mol. The number of nitrogens with zero attached hydrogens (tertiary/aromatic N) is 1. The fourth-order valence-corrected chi connectivity index (χ4v) is 0.889. The molecule has 0 aliphatic rings. The van der Waals surface area contributed by atoms with Crippen molar-refractivity contribution in [2.45, 2.75) is 19.4 Å². The summed E-state index contributed by atoms with van der Waals surface area (Å²) < 4.78 is 15.0. The molecule has 1 atom stereocenters. The summed E-state index contributed by atoms with van der Waals surface area (Å²) in [4.78, 5) is 10.9. The first-order valence-corrected chi connectivity index (χ1v) is 5.04. The second kappa shape index (κ2) is 10.1. The normalized spacial score (nSPS) is 12.3. The highest BCUT2D eigenvalue weighted by molar-refractivity contribution is 5.82. The molecule has 90 valence electrons. The Morgan fingerprint density at radius 1 is 1.50 bits per heavy atom. The molecule has 0 spiro atoms. The van der Waals surface area contributed by atoms with Gasteiger partial charge in [-0.1, -0.05) is 0 Å². The summed E-state index contributed by atoms with van der Waals surface area (Å²) in [5.74, 6) is -0.533. The lowest BCUT2D eigenvalue weighted by Gasteiger charge is -2.12. The van der Waals surface area contributed by atoms with Gasteiger partial charge in [0, 0.05) is 32.5 Å². The second-order valence-corrected chi connectivity index (χ2v) is 3.12. The molecule has 0 aromatic rings. The number of esters is 1. The van der Waals surface area contributed by atoms with Crippen molar-refractivity contribution in [1.82, 2.24) is 0 Å². The van der Waals surface area contributed by atoms with Gasteiger partial charge in [0.1, 0.15) is 6.61 Å². The maximum absolute atomic E-state index is 10.9. The Morgan fingerprint density at radius 3 is 2.88 bits per heavy atom. The number of nitriles is 1. The average Bonchev–Trinajstić information content (AvgIpc) is 2.29. The van der Waals surface area contributed by atoms with E-state index in [1.54, 1.807) is 13.2 Å². The number of allylic oxidation sites excluding steroid dienone is 1. The van der Waals surface area contributed by atoms with E-state index in [9.17, 15) is 4.79 Å². The van der Waals surface area contributed by atoms with Crippen LogP contribution in [-0.2, 0) is 19.0 Å².